The van der Waals surface area contributed by atoms with Gasteiger partial charge < -0.3 is 24.2 Å². The van der Waals surface area contributed by atoms with Crippen LogP contribution in [0.3, 0.4) is 0 Å². The molecule has 0 unspecified atom stereocenters. The Morgan fingerprint density at radius 3 is 2.46 bits per heavy atom. The van der Waals surface area contributed by atoms with Crippen LogP contribution < -0.4 is 14.4 Å². The van der Waals surface area contributed by atoms with Crippen molar-refractivity contribution in [2.24, 2.45) is 0 Å². The smallest absolute Gasteiger partial charge is 0.227 e. The molecule has 1 aliphatic heterocycles. The van der Waals surface area contributed by atoms with Crippen LogP contribution in [-0.2, 0) is 4.74 Å². The van der Waals surface area contributed by atoms with Crippen molar-refractivity contribution in [2.75, 3.05) is 45.4 Å². The van der Waals surface area contributed by atoms with Gasteiger partial charge >= 0.3 is 0 Å². The summed E-state index contributed by atoms with van der Waals surface area (Å²) in [5.74, 6) is 1.98. The van der Waals surface area contributed by atoms with Crippen LogP contribution in [0.15, 0.2) is 36.9 Å². The third kappa shape index (κ3) is 3.44. The fraction of sp³-hybridized carbons (Fsp3) is 0.316. The van der Waals surface area contributed by atoms with Gasteiger partial charge in [-0.15, -0.1) is 0 Å². The van der Waals surface area contributed by atoms with E-state index in [0.717, 1.165) is 18.7 Å². The molecule has 3 heterocycles. The standard InChI is InChI=1S/C19H21N5O4/c1-26-15-9-13(10-16(27-2)18(15)25)14-11-24(12-21-14)17-3-4-20-19(22-17)23-5-7-28-8-6-23/h3-4,9-12,25H,5-8H2,1-2H3. The molecule has 1 aliphatic rings. The zero-order chi connectivity index (χ0) is 19.5. The lowest BCUT2D eigenvalue weighted by molar-refractivity contribution is 0.122. The highest BCUT2D eigenvalue weighted by molar-refractivity contribution is 5.68. The largest absolute Gasteiger partial charge is 0.502 e. The minimum Gasteiger partial charge on any atom is -0.502 e. The summed E-state index contributed by atoms with van der Waals surface area (Å²) in [5.41, 5.74) is 1.45. The van der Waals surface area contributed by atoms with Gasteiger partial charge in [0.15, 0.2) is 11.5 Å². The SMILES string of the molecule is COc1cc(-c2cn(-c3ccnc(N4CCOCC4)n3)cn2)cc(OC)c1O. The number of nitrogens with zero attached hydrogens (tertiary/aromatic N) is 5. The number of benzene rings is 1. The predicted octanol–water partition coefficient (Wildman–Crippen LogP) is 1.89. The second-order valence-corrected chi connectivity index (χ2v) is 6.21. The lowest BCUT2D eigenvalue weighted by Gasteiger charge is -2.26. The minimum atomic E-state index is -0.0425. The Morgan fingerprint density at radius 1 is 1.07 bits per heavy atom. The van der Waals surface area contributed by atoms with E-state index in [1.54, 1.807) is 24.7 Å². The molecule has 1 saturated heterocycles. The molecule has 0 spiro atoms. The Kier molecular flexibility index (Phi) is 4.98. The van der Waals surface area contributed by atoms with Crippen LogP contribution in [0.2, 0.25) is 0 Å². The highest BCUT2D eigenvalue weighted by Crippen LogP contribution is 2.39. The zero-order valence-electron chi connectivity index (χ0n) is 15.7. The summed E-state index contributed by atoms with van der Waals surface area (Å²) >= 11 is 0. The number of anilines is 1. The molecule has 2 aromatic heterocycles. The number of hydrogen-bond acceptors (Lipinski definition) is 8. The summed E-state index contributed by atoms with van der Waals surface area (Å²) in [5, 5.41) is 10.1. The van der Waals surface area contributed by atoms with E-state index in [1.165, 1.54) is 14.2 Å². The molecule has 1 fully saturated rings. The van der Waals surface area contributed by atoms with Crippen LogP contribution in [0.1, 0.15) is 0 Å². The van der Waals surface area contributed by atoms with Gasteiger partial charge in [-0.3, -0.25) is 4.57 Å². The average Bonchev–Trinajstić information content (AvgIpc) is 3.25. The van der Waals surface area contributed by atoms with Crippen molar-refractivity contribution in [3.63, 3.8) is 0 Å². The number of methoxy groups -OCH3 is 2. The highest BCUT2D eigenvalue weighted by atomic mass is 16.5. The van der Waals surface area contributed by atoms with E-state index in [0.29, 0.717) is 42.2 Å². The second-order valence-electron chi connectivity index (χ2n) is 6.21. The zero-order valence-corrected chi connectivity index (χ0v) is 15.7. The lowest BCUT2D eigenvalue weighted by Crippen LogP contribution is -2.37. The third-order valence-electron chi connectivity index (χ3n) is 4.54. The van der Waals surface area contributed by atoms with Gasteiger partial charge in [-0.25, -0.2) is 9.97 Å². The Hall–Kier alpha value is -3.33. The molecule has 0 saturated carbocycles. The van der Waals surface area contributed by atoms with E-state index in [2.05, 4.69) is 19.9 Å². The van der Waals surface area contributed by atoms with Gasteiger partial charge in [-0.2, -0.15) is 4.98 Å². The number of imidazole rings is 1. The first kappa shape index (κ1) is 18.1. The number of hydrogen-bond donors (Lipinski definition) is 1. The van der Waals surface area contributed by atoms with Gasteiger partial charge in [0.1, 0.15) is 12.1 Å². The molecule has 0 aliphatic carbocycles. The van der Waals surface area contributed by atoms with Gasteiger partial charge in [-0.1, -0.05) is 0 Å². The second kappa shape index (κ2) is 7.73. The van der Waals surface area contributed by atoms with Gasteiger partial charge in [0.05, 0.1) is 33.1 Å². The first-order valence-corrected chi connectivity index (χ1v) is 8.85. The fourth-order valence-electron chi connectivity index (χ4n) is 3.04. The fourth-order valence-corrected chi connectivity index (χ4v) is 3.04. The monoisotopic (exact) mass is 383 g/mol. The summed E-state index contributed by atoms with van der Waals surface area (Å²) in [6.07, 6.45) is 5.28. The number of phenolic OH excluding ortho intramolecular Hbond substituents is 1. The number of aromatic nitrogens is 4. The number of ether oxygens (including phenoxy) is 3. The average molecular weight is 383 g/mol. The van der Waals surface area contributed by atoms with Gasteiger partial charge in [0.25, 0.3) is 0 Å². The van der Waals surface area contributed by atoms with Crippen molar-refractivity contribution in [3.8, 4) is 34.3 Å². The molecule has 1 aromatic carbocycles. The quantitative estimate of drug-likeness (QED) is 0.714. The number of morpholine rings is 1. The van der Waals surface area contributed by atoms with Crippen LogP contribution in [0.4, 0.5) is 5.95 Å². The molecule has 0 radical (unpaired) electrons. The van der Waals surface area contributed by atoms with Crippen LogP contribution >= 0.6 is 0 Å². The minimum absolute atomic E-state index is 0.0425. The van der Waals surface area contributed by atoms with Crippen molar-refractivity contribution < 1.29 is 19.3 Å². The Bertz CT molecular complexity index is 943. The van der Waals surface area contributed by atoms with Crippen LogP contribution in [-0.4, -0.2) is 65.1 Å². The summed E-state index contributed by atoms with van der Waals surface area (Å²) in [7, 11) is 2.98. The van der Waals surface area contributed by atoms with Crippen molar-refractivity contribution in [2.45, 2.75) is 0 Å². The van der Waals surface area contributed by atoms with Gasteiger partial charge in [0, 0.05) is 31.0 Å². The van der Waals surface area contributed by atoms with Crippen molar-refractivity contribution >= 4 is 5.95 Å². The summed E-state index contributed by atoms with van der Waals surface area (Å²) in [6, 6.07) is 5.25. The molecule has 146 valence electrons. The number of rotatable bonds is 5. The predicted molar refractivity (Wildman–Crippen MR) is 102 cm³/mol. The number of phenols is 1. The molecule has 0 atom stereocenters. The van der Waals surface area contributed by atoms with E-state index < -0.39 is 0 Å². The summed E-state index contributed by atoms with van der Waals surface area (Å²) in [6.45, 7) is 2.89. The lowest BCUT2D eigenvalue weighted by atomic mass is 10.1. The number of aromatic hydroxyl groups is 1. The molecule has 0 amide bonds. The molecular formula is C19H21N5O4. The molecule has 3 aromatic rings. The molecule has 0 bridgehead atoms. The van der Waals surface area contributed by atoms with Crippen LogP contribution in [0.5, 0.6) is 17.2 Å². The van der Waals surface area contributed by atoms with Crippen LogP contribution in [0, 0.1) is 0 Å². The third-order valence-corrected chi connectivity index (χ3v) is 4.54. The maximum absolute atomic E-state index is 10.1. The van der Waals surface area contributed by atoms with Crippen LogP contribution in [0.25, 0.3) is 17.1 Å². The van der Waals surface area contributed by atoms with Gasteiger partial charge in [-0.05, 0) is 18.2 Å². The Labute approximate surface area is 162 Å². The van der Waals surface area contributed by atoms with Crippen molar-refractivity contribution in [1.82, 2.24) is 19.5 Å². The maximum atomic E-state index is 10.1. The molecule has 9 heteroatoms. The Morgan fingerprint density at radius 2 is 1.79 bits per heavy atom. The van der Waals surface area contributed by atoms with Crippen molar-refractivity contribution in [3.05, 3.63) is 36.9 Å². The molecule has 1 N–H and O–H groups in total. The van der Waals surface area contributed by atoms with E-state index in [4.69, 9.17) is 14.2 Å². The first-order valence-electron chi connectivity index (χ1n) is 8.85. The van der Waals surface area contributed by atoms with E-state index in [-0.39, 0.29) is 5.75 Å². The van der Waals surface area contributed by atoms with E-state index in [9.17, 15) is 5.11 Å². The highest BCUT2D eigenvalue weighted by Gasteiger charge is 2.16. The molecule has 9 nitrogen and oxygen atoms in total. The van der Waals surface area contributed by atoms with Gasteiger partial charge in [0.2, 0.25) is 11.7 Å². The van der Waals surface area contributed by atoms with E-state index in [1.807, 2.05) is 16.8 Å². The molecule has 28 heavy (non-hydrogen) atoms. The topological polar surface area (TPSA) is 94.8 Å². The maximum Gasteiger partial charge on any atom is 0.227 e. The molecular weight excluding hydrogens is 362 g/mol. The summed E-state index contributed by atoms with van der Waals surface area (Å²) in [4.78, 5) is 15.6. The Balaban J connectivity index is 1.65. The molecule has 4 rings (SSSR count). The van der Waals surface area contributed by atoms with Crippen molar-refractivity contribution in [1.29, 1.82) is 0 Å². The normalized spacial score (nSPS) is 14.1. The first-order chi connectivity index (χ1) is 13.7. The summed E-state index contributed by atoms with van der Waals surface area (Å²) < 4.78 is 17.7. The van der Waals surface area contributed by atoms with E-state index >= 15 is 0 Å².